The number of halogens is 2. The van der Waals surface area contributed by atoms with Crippen LogP contribution >= 0.6 is 23.2 Å². The van der Waals surface area contributed by atoms with E-state index >= 15 is 0 Å². The summed E-state index contributed by atoms with van der Waals surface area (Å²) in [4.78, 5) is 32.1. The molecular formula is C26H24Cl2N6O4. The van der Waals surface area contributed by atoms with Gasteiger partial charge < -0.3 is 14.2 Å². The molecule has 0 bridgehead atoms. The van der Waals surface area contributed by atoms with Crippen molar-refractivity contribution in [2.75, 3.05) is 18.0 Å². The molecule has 1 saturated heterocycles. The molecule has 196 valence electrons. The number of rotatable bonds is 7. The Morgan fingerprint density at radius 2 is 1.79 bits per heavy atom. The Morgan fingerprint density at radius 1 is 1.03 bits per heavy atom. The quantitative estimate of drug-likeness (QED) is 0.358. The highest BCUT2D eigenvalue weighted by Gasteiger charge is 2.34. The van der Waals surface area contributed by atoms with Gasteiger partial charge in [-0.3, -0.25) is 9.78 Å². The minimum absolute atomic E-state index is 0.0750. The first-order chi connectivity index (χ1) is 18.5. The molecule has 2 fully saturated rings. The van der Waals surface area contributed by atoms with Gasteiger partial charge in [-0.05, 0) is 49.9 Å². The van der Waals surface area contributed by atoms with Gasteiger partial charge in [0.25, 0.3) is 5.56 Å². The summed E-state index contributed by atoms with van der Waals surface area (Å²) < 4.78 is 13.2. The van der Waals surface area contributed by atoms with Gasteiger partial charge in [-0.2, -0.15) is 9.78 Å². The highest BCUT2D eigenvalue weighted by Crippen LogP contribution is 2.46. The van der Waals surface area contributed by atoms with Crippen LogP contribution in [0.25, 0.3) is 16.9 Å². The molecule has 2 aliphatic rings. The molecular weight excluding hydrogens is 531 g/mol. The Kier molecular flexibility index (Phi) is 6.77. The van der Waals surface area contributed by atoms with Crippen molar-refractivity contribution in [2.24, 2.45) is 0 Å². The van der Waals surface area contributed by atoms with Crippen molar-refractivity contribution in [1.82, 2.24) is 24.9 Å². The van der Waals surface area contributed by atoms with E-state index in [1.54, 1.807) is 24.4 Å². The zero-order valence-electron chi connectivity index (χ0n) is 20.3. The average Bonchev–Trinajstić information content (AvgIpc) is 3.68. The molecule has 10 nitrogen and oxygen atoms in total. The largest absolute Gasteiger partial charge is 0.373 e. The van der Waals surface area contributed by atoms with Gasteiger partial charge in [0.05, 0.1) is 34.6 Å². The van der Waals surface area contributed by atoms with Crippen LogP contribution in [0.4, 0.5) is 5.82 Å². The van der Waals surface area contributed by atoms with Crippen molar-refractivity contribution in [3.8, 4) is 16.9 Å². The van der Waals surface area contributed by atoms with E-state index in [1.165, 1.54) is 0 Å². The second-order valence-electron chi connectivity index (χ2n) is 9.47. The molecule has 4 heterocycles. The standard InChI is InChI=1S/C26H24Cl2N6O4/c27-19-2-1-3-20(28)23(19)24-18(25(38-32-24)15-4-5-15)14-37-17-8-10-33(11-9-17)21-7-6-16(12-29-21)34-26(36)31-22(35)13-30-34/h1-3,6-7,12-13,15,17H,4-5,8-11,14H2,(H,31,35,36). The highest BCUT2D eigenvalue weighted by atomic mass is 35.5. The summed E-state index contributed by atoms with van der Waals surface area (Å²) >= 11 is 12.9. The predicted octanol–water partition coefficient (Wildman–Crippen LogP) is 4.34. The smallest absolute Gasteiger partial charge is 0.349 e. The number of benzene rings is 1. The van der Waals surface area contributed by atoms with Crippen LogP contribution in [0, 0.1) is 0 Å². The fraction of sp³-hybridized carbons (Fsp3) is 0.346. The molecule has 1 saturated carbocycles. The van der Waals surface area contributed by atoms with Gasteiger partial charge in [-0.15, -0.1) is 0 Å². The van der Waals surface area contributed by atoms with Crippen molar-refractivity contribution >= 4 is 29.0 Å². The molecule has 1 aliphatic carbocycles. The zero-order valence-corrected chi connectivity index (χ0v) is 21.8. The lowest BCUT2D eigenvalue weighted by molar-refractivity contribution is 0.0245. The van der Waals surface area contributed by atoms with Crippen molar-refractivity contribution in [3.63, 3.8) is 0 Å². The van der Waals surface area contributed by atoms with Crippen LogP contribution in [-0.2, 0) is 11.3 Å². The van der Waals surface area contributed by atoms with Crippen molar-refractivity contribution in [2.45, 2.75) is 44.3 Å². The lowest BCUT2D eigenvalue weighted by Gasteiger charge is -2.32. The monoisotopic (exact) mass is 554 g/mol. The SMILES string of the molecule is O=c1cnn(-c2ccc(N3CCC(OCc4c(-c5c(Cl)cccc5Cl)noc4C4CC4)CC3)nc2)c(=O)[nH]1. The molecule has 0 atom stereocenters. The Bertz CT molecular complexity index is 1550. The molecule has 0 radical (unpaired) electrons. The van der Waals surface area contributed by atoms with Crippen LogP contribution in [0.15, 0.2) is 56.8 Å². The molecule has 4 aromatic rings. The number of H-pyrrole nitrogens is 1. The minimum atomic E-state index is -0.609. The number of pyridine rings is 1. The molecule has 3 aromatic heterocycles. The summed E-state index contributed by atoms with van der Waals surface area (Å²) in [7, 11) is 0. The van der Waals surface area contributed by atoms with Crippen LogP contribution in [0.2, 0.25) is 10.0 Å². The zero-order chi connectivity index (χ0) is 26.2. The van der Waals surface area contributed by atoms with E-state index in [1.807, 2.05) is 12.1 Å². The molecule has 12 heteroatoms. The van der Waals surface area contributed by atoms with E-state index in [0.29, 0.717) is 39.5 Å². The first-order valence-electron chi connectivity index (χ1n) is 12.4. The number of ether oxygens (including phenoxy) is 1. The number of piperidine rings is 1. The summed E-state index contributed by atoms with van der Waals surface area (Å²) in [5, 5.41) is 9.26. The van der Waals surface area contributed by atoms with Crippen LogP contribution in [0.3, 0.4) is 0 Å². The number of nitrogens with one attached hydrogen (secondary N) is 1. The normalized spacial score (nSPS) is 16.2. The van der Waals surface area contributed by atoms with Gasteiger partial charge in [-0.1, -0.05) is 34.4 Å². The van der Waals surface area contributed by atoms with E-state index in [2.05, 4.69) is 25.1 Å². The minimum Gasteiger partial charge on any atom is -0.373 e. The number of hydrogen-bond acceptors (Lipinski definition) is 8. The maximum absolute atomic E-state index is 12.0. The second-order valence-corrected chi connectivity index (χ2v) is 10.3. The molecule has 1 aliphatic heterocycles. The van der Waals surface area contributed by atoms with Crippen LogP contribution in [0.1, 0.15) is 42.9 Å². The fourth-order valence-corrected chi connectivity index (χ4v) is 5.31. The fourth-order valence-electron chi connectivity index (χ4n) is 4.73. The first-order valence-corrected chi connectivity index (χ1v) is 13.2. The number of nitrogens with zero attached hydrogens (tertiary/aromatic N) is 5. The van der Waals surface area contributed by atoms with E-state index < -0.39 is 11.2 Å². The van der Waals surface area contributed by atoms with Gasteiger partial charge in [0, 0.05) is 30.1 Å². The molecule has 0 spiro atoms. The highest BCUT2D eigenvalue weighted by molar-refractivity contribution is 6.39. The molecule has 1 aromatic carbocycles. The molecule has 0 unspecified atom stereocenters. The van der Waals surface area contributed by atoms with E-state index in [9.17, 15) is 9.59 Å². The van der Waals surface area contributed by atoms with Gasteiger partial charge in [0.2, 0.25) is 0 Å². The van der Waals surface area contributed by atoms with Crippen molar-refractivity contribution in [1.29, 1.82) is 0 Å². The molecule has 38 heavy (non-hydrogen) atoms. The summed E-state index contributed by atoms with van der Waals surface area (Å²) in [6.07, 6.45) is 6.51. The second kappa shape index (κ2) is 10.4. The van der Waals surface area contributed by atoms with E-state index in [-0.39, 0.29) is 6.10 Å². The Morgan fingerprint density at radius 3 is 2.45 bits per heavy atom. The van der Waals surface area contributed by atoms with Gasteiger partial charge in [-0.25, -0.2) is 9.78 Å². The van der Waals surface area contributed by atoms with E-state index in [0.717, 1.165) is 66.8 Å². The third-order valence-electron chi connectivity index (χ3n) is 6.89. The number of anilines is 1. The summed E-state index contributed by atoms with van der Waals surface area (Å²) in [5.74, 6) is 2.04. The summed E-state index contributed by atoms with van der Waals surface area (Å²) in [5.41, 5.74) is 1.57. The molecule has 6 rings (SSSR count). The van der Waals surface area contributed by atoms with Crippen LogP contribution in [-0.4, -0.2) is 44.1 Å². The summed E-state index contributed by atoms with van der Waals surface area (Å²) in [6.45, 7) is 1.93. The number of aromatic amines is 1. The Balaban J connectivity index is 1.11. The lowest BCUT2D eigenvalue weighted by Crippen LogP contribution is -2.37. The molecule has 0 amide bonds. The van der Waals surface area contributed by atoms with Crippen LogP contribution < -0.4 is 16.1 Å². The number of hydrogen-bond donors (Lipinski definition) is 1. The topological polar surface area (TPSA) is 119 Å². The van der Waals surface area contributed by atoms with Gasteiger partial charge >= 0.3 is 5.69 Å². The van der Waals surface area contributed by atoms with Crippen molar-refractivity contribution < 1.29 is 9.26 Å². The first kappa shape index (κ1) is 24.8. The van der Waals surface area contributed by atoms with Gasteiger partial charge in [0.15, 0.2) is 0 Å². The predicted molar refractivity (Wildman–Crippen MR) is 142 cm³/mol. The van der Waals surface area contributed by atoms with Crippen LogP contribution in [0.5, 0.6) is 0 Å². The summed E-state index contributed by atoms with van der Waals surface area (Å²) in [6, 6.07) is 9.00. The van der Waals surface area contributed by atoms with Crippen molar-refractivity contribution in [3.05, 3.63) is 84.9 Å². The third kappa shape index (κ3) is 4.99. The average molecular weight is 555 g/mol. The lowest BCUT2D eigenvalue weighted by atomic mass is 10.0. The Labute approximate surface area is 227 Å². The van der Waals surface area contributed by atoms with E-state index in [4.69, 9.17) is 32.5 Å². The molecule has 1 N–H and O–H groups in total. The third-order valence-corrected chi connectivity index (χ3v) is 7.52. The maximum atomic E-state index is 12.0. The number of aromatic nitrogens is 5. The Hall–Kier alpha value is -3.47. The maximum Gasteiger partial charge on any atom is 0.349 e. The van der Waals surface area contributed by atoms with Gasteiger partial charge in [0.1, 0.15) is 23.5 Å².